The number of rotatable bonds is 5. The number of carbonyl (C=O) groups is 1. The molecule has 1 aliphatic rings. The van der Waals surface area contributed by atoms with E-state index >= 15 is 0 Å². The zero-order valence-corrected chi connectivity index (χ0v) is 9.89. The van der Waals surface area contributed by atoms with Crippen LogP contribution in [0.15, 0.2) is 24.4 Å². The number of ether oxygens (including phenoxy) is 1. The fraction of sp³-hybridized carbons (Fsp3) is 0.538. The van der Waals surface area contributed by atoms with Gasteiger partial charge in [0.25, 0.3) is 0 Å². The first-order chi connectivity index (χ1) is 8.36. The summed E-state index contributed by atoms with van der Waals surface area (Å²) in [7, 11) is 0. The van der Waals surface area contributed by atoms with Crippen LogP contribution >= 0.6 is 0 Å². The lowest BCUT2D eigenvalue weighted by molar-refractivity contribution is 0.0634. The Morgan fingerprint density at radius 1 is 1.41 bits per heavy atom. The highest BCUT2D eigenvalue weighted by molar-refractivity contribution is 5.95. The molecule has 0 atom stereocenters. The van der Waals surface area contributed by atoms with Crippen molar-refractivity contribution in [3.63, 3.8) is 0 Å². The molecule has 92 valence electrons. The van der Waals surface area contributed by atoms with Crippen molar-refractivity contribution in [2.75, 3.05) is 26.3 Å². The smallest absolute Gasteiger partial charge is 0.206 e. The molecule has 1 aromatic rings. The normalized spacial score (nSPS) is 16.9. The number of pyridine rings is 1. The first kappa shape index (κ1) is 12.2. The molecule has 1 aromatic heterocycles. The van der Waals surface area contributed by atoms with E-state index in [2.05, 4.69) is 10.3 Å². The molecule has 1 fully saturated rings. The predicted molar refractivity (Wildman–Crippen MR) is 65.0 cm³/mol. The maximum Gasteiger partial charge on any atom is 0.206 e. The topological polar surface area (TPSA) is 51.2 Å². The van der Waals surface area contributed by atoms with Gasteiger partial charge in [0.15, 0.2) is 0 Å². The Kier molecular flexibility index (Phi) is 4.64. The van der Waals surface area contributed by atoms with Gasteiger partial charge < -0.3 is 10.1 Å². The van der Waals surface area contributed by atoms with Gasteiger partial charge in [0.2, 0.25) is 5.78 Å². The van der Waals surface area contributed by atoms with Crippen LogP contribution in [0, 0.1) is 5.92 Å². The lowest BCUT2D eigenvalue weighted by atomic mass is 9.99. The molecule has 0 aromatic carbocycles. The van der Waals surface area contributed by atoms with Gasteiger partial charge in [-0.25, -0.2) is 0 Å². The van der Waals surface area contributed by atoms with Gasteiger partial charge in [0.1, 0.15) is 12.3 Å². The van der Waals surface area contributed by atoms with Gasteiger partial charge >= 0.3 is 0 Å². The first-order valence-electron chi connectivity index (χ1n) is 6.09. The standard InChI is InChI=1S/C13H18N2O2/c16-13(12-3-1-2-6-15-12)10-17-9-11-4-7-14-8-5-11/h1-3,6,11,14H,4-5,7-10H2. The zero-order valence-electron chi connectivity index (χ0n) is 9.89. The number of carbonyl (C=O) groups excluding carboxylic acids is 1. The van der Waals surface area contributed by atoms with Crippen molar-refractivity contribution >= 4 is 5.78 Å². The molecule has 1 saturated heterocycles. The van der Waals surface area contributed by atoms with Crippen molar-refractivity contribution in [3.05, 3.63) is 30.1 Å². The second kappa shape index (κ2) is 6.47. The summed E-state index contributed by atoms with van der Waals surface area (Å²) in [5.74, 6) is 0.548. The van der Waals surface area contributed by atoms with E-state index in [0.717, 1.165) is 25.9 Å². The molecule has 2 rings (SSSR count). The van der Waals surface area contributed by atoms with Crippen molar-refractivity contribution in [1.29, 1.82) is 0 Å². The maximum atomic E-state index is 11.7. The van der Waals surface area contributed by atoms with E-state index in [1.54, 1.807) is 18.3 Å². The van der Waals surface area contributed by atoms with Gasteiger partial charge in [-0.3, -0.25) is 9.78 Å². The number of Topliss-reactive ketones (excluding diaryl/α,β-unsaturated/α-hetero) is 1. The molecule has 0 spiro atoms. The third-order valence-electron chi connectivity index (χ3n) is 3.00. The summed E-state index contributed by atoms with van der Waals surface area (Å²) in [6.07, 6.45) is 3.90. The molecular weight excluding hydrogens is 216 g/mol. The van der Waals surface area contributed by atoms with Gasteiger partial charge in [-0.05, 0) is 44.0 Å². The minimum absolute atomic E-state index is 0.0421. The number of piperidine rings is 1. The number of nitrogens with zero attached hydrogens (tertiary/aromatic N) is 1. The summed E-state index contributed by atoms with van der Waals surface area (Å²) < 4.78 is 5.47. The van der Waals surface area contributed by atoms with Crippen molar-refractivity contribution in [2.24, 2.45) is 5.92 Å². The number of hydrogen-bond acceptors (Lipinski definition) is 4. The SMILES string of the molecule is O=C(COCC1CCNCC1)c1ccccn1. The van der Waals surface area contributed by atoms with Crippen LogP contribution in [0.3, 0.4) is 0 Å². The van der Waals surface area contributed by atoms with Crippen LogP contribution < -0.4 is 5.32 Å². The van der Waals surface area contributed by atoms with Gasteiger partial charge in [-0.1, -0.05) is 6.07 Å². The summed E-state index contributed by atoms with van der Waals surface area (Å²) in [5.41, 5.74) is 0.484. The van der Waals surface area contributed by atoms with E-state index in [0.29, 0.717) is 18.2 Å². The predicted octanol–water partition coefficient (Wildman–Crippen LogP) is 1.28. The van der Waals surface area contributed by atoms with Crippen LogP contribution in [-0.2, 0) is 4.74 Å². The highest BCUT2D eigenvalue weighted by atomic mass is 16.5. The summed E-state index contributed by atoms with van der Waals surface area (Å²) in [4.78, 5) is 15.7. The number of ketones is 1. The van der Waals surface area contributed by atoms with Crippen LogP contribution in [0.2, 0.25) is 0 Å². The average Bonchev–Trinajstić information content (AvgIpc) is 2.41. The van der Waals surface area contributed by atoms with E-state index in [1.807, 2.05) is 6.07 Å². The highest BCUT2D eigenvalue weighted by Crippen LogP contribution is 2.11. The Hall–Kier alpha value is -1.26. The summed E-state index contributed by atoms with van der Waals surface area (Å²) in [6, 6.07) is 5.33. The van der Waals surface area contributed by atoms with Crippen molar-refractivity contribution < 1.29 is 9.53 Å². The van der Waals surface area contributed by atoms with Crippen LogP contribution in [0.4, 0.5) is 0 Å². The first-order valence-corrected chi connectivity index (χ1v) is 6.09. The molecule has 4 heteroatoms. The van der Waals surface area contributed by atoms with E-state index in [1.165, 1.54) is 0 Å². The Morgan fingerprint density at radius 2 is 2.24 bits per heavy atom. The fourth-order valence-electron chi connectivity index (χ4n) is 1.97. The molecule has 0 radical (unpaired) electrons. The van der Waals surface area contributed by atoms with E-state index in [9.17, 15) is 4.79 Å². The van der Waals surface area contributed by atoms with Crippen LogP contribution in [0.5, 0.6) is 0 Å². The lowest BCUT2D eigenvalue weighted by Crippen LogP contribution is -2.30. The molecule has 2 heterocycles. The lowest BCUT2D eigenvalue weighted by Gasteiger charge is -2.22. The summed E-state index contributed by atoms with van der Waals surface area (Å²) >= 11 is 0. The molecule has 4 nitrogen and oxygen atoms in total. The van der Waals surface area contributed by atoms with Gasteiger partial charge in [-0.15, -0.1) is 0 Å². The number of aromatic nitrogens is 1. The van der Waals surface area contributed by atoms with E-state index in [4.69, 9.17) is 4.74 Å². The Bertz CT molecular complexity index is 348. The van der Waals surface area contributed by atoms with Crippen molar-refractivity contribution in [2.45, 2.75) is 12.8 Å². The Morgan fingerprint density at radius 3 is 2.94 bits per heavy atom. The number of hydrogen-bond donors (Lipinski definition) is 1. The van der Waals surface area contributed by atoms with E-state index in [-0.39, 0.29) is 12.4 Å². The van der Waals surface area contributed by atoms with Crippen molar-refractivity contribution in [3.8, 4) is 0 Å². The second-order valence-electron chi connectivity index (χ2n) is 4.35. The molecule has 1 N–H and O–H groups in total. The van der Waals surface area contributed by atoms with Crippen LogP contribution in [-0.4, -0.2) is 37.1 Å². The highest BCUT2D eigenvalue weighted by Gasteiger charge is 2.14. The molecule has 0 aliphatic carbocycles. The minimum atomic E-state index is -0.0421. The molecule has 17 heavy (non-hydrogen) atoms. The fourth-order valence-corrected chi connectivity index (χ4v) is 1.97. The monoisotopic (exact) mass is 234 g/mol. The minimum Gasteiger partial charge on any atom is -0.373 e. The second-order valence-corrected chi connectivity index (χ2v) is 4.35. The quantitative estimate of drug-likeness (QED) is 0.780. The molecule has 0 unspecified atom stereocenters. The largest absolute Gasteiger partial charge is 0.373 e. The molecular formula is C13H18N2O2. The van der Waals surface area contributed by atoms with Crippen LogP contribution in [0.25, 0.3) is 0 Å². The average molecular weight is 234 g/mol. The Labute approximate surface area is 101 Å². The van der Waals surface area contributed by atoms with Gasteiger partial charge in [-0.2, -0.15) is 0 Å². The third kappa shape index (κ3) is 3.91. The maximum absolute atomic E-state index is 11.7. The molecule has 1 aliphatic heterocycles. The van der Waals surface area contributed by atoms with Gasteiger partial charge in [0.05, 0.1) is 6.61 Å². The number of nitrogens with one attached hydrogen (secondary N) is 1. The van der Waals surface area contributed by atoms with Crippen LogP contribution in [0.1, 0.15) is 23.3 Å². The Balaban J connectivity index is 1.69. The van der Waals surface area contributed by atoms with E-state index < -0.39 is 0 Å². The molecule has 0 saturated carbocycles. The third-order valence-corrected chi connectivity index (χ3v) is 3.00. The molecule has 0 bridgehead atoms. The summed E-state index contributed by atoms with van der Waals surface area (Å²) in [6.45, 7) is 2.94. The van der Waals surface area contributed by atoms with Gasteiger partial charge in [0, 0.05) is 6.20 Å². The zero-order chi connectivity index (χ0) is 11.9. The summed E-state index contributed by atoms with van der Waals surface area (Å²) in [5, 5.41) is 3.31. The molecule has 0 amide bonds. The van der Waals surface area contributed by atoms with Crippen molar-refractivity contribution in [1.82, 2.24) is 10.3 Å².